The molecule has 1 aromatic heterocycles. The molecule has 1 fully saturated rings. The van der Waals surface area contributed by atoms with E-state index in [-0.39, 0.29) is 30.5 Å². The summed E-state index contributed by atoms with van der Waals surface area (Å²) in [5.41, 5.74) is 0.374. The average Bonchev–Trinajstić information content (AvgIpc) is 3.07. The standard InChI is InChI=1S/C22H29F3N4O2.HI/c1-4-26-20(27-13-19-29-15(2)16(3)31-19)28-14-21(8-10-30-11-9-21)17-6-5-7-18(12-17)22(23,24)25;/h5-7,12H,4,8-11,13-14H2,1-3H3,(H2,26,27,28);1H. The Bertz CT molecular complexity index is 889. The van der Waals surface area contributed by atoms with Crippen molar-refractivity contribution in [2.24, 2.45) is 4.99 Å². The molecule has 1 aliphatic heterocycles. The van der Waals surface area contributed by atoms with E-state index in [4.69, 9.17) is 9.15 Å². The number of aliphatic imine (C=N–C) groups is 1. The normalized spacial score (nSPS) is 16.4. The van der Waals surface area contributed by atoms with Gasteiger partial charge in [0.2, 0.25) is 5.89 Å². The van der Waals surface area contributed by atoms with Crippen LogP contribution in [0.3, 0.4) is 0 Å². The zero-order valence-corrected chi connectivity index (χ0v) is 20.8. The second-order valence-corrected chi connectivity index (χ2v) is 7.77. The van der Waals surface area contributed by atoms with E-state index in [1.165, 1.54) is 12.1 Å². The highest BCUT2D eigenvalue weighted by Gasteiger charge is 2.37. The van der Waals surface area contributed by atoms with Crippen LogP contribution in [0.2, 0.25) is 0 Å². The van der Waals surface area contributed by atoms with E-state index in [1.807, 2.05) is 20.8 Å². The molecule has 178 valence electrons. The molecular formula is C22H30F3IN4O2. The van der Waals surface area contributed by atoms with Crippen LogP contribution >= 0.6 is 24.0 Å². The third kappa shape index (κ3) is 6.60. The number of nitrogens with zero attached hydrogens (tertiary/aromatic N) is 2. The first-order valence-corrected chi connectivity index (χ1v) is 10.4. The number of guanidine groups is 1. The number of aromatic nitrogens is 1. The van der Waals surface area contributed by atoms with Gasteiger partial charge < -0.3 is 19.8 Å². The third-order valence-corrected chi connectivity index (χ3v) is 5.64. The number of ether oxygens (including phenoxy) is 1. The van der Waals surface area contributed by atoms with Gasteiger partial charge in [-0.15, -0.1) is 24.0 Å². The first kappa shape index (κ1) is 26.4. The Morgan fingerprint density at radius 3 is 2.50 bits per heavy atom. The highest BCUT2D eigenvalue weighted by molar-refractivity contribution is 14.0. The SMILES string of the molecule is CCNC(=NCc1nc(C)c(C)o1)NCC1(c2cccc(C(F)(F)F)c2)CCOCC1.I. The number of benzene rings is 1. The summed E-state index contributed by atoms with van der Waals surface area (Å²) < 4.78 is 50.9. The Hall–Kier alpha value is -1.82. The summed E-state index contributed by atoms with van der Waals surface area (Å²) in [5, 5.41) is 6.49. The van der Waals surface area contributed by atoms with Crippen LogP contribution in [0, 0.1) is 13.8 Å². The van der Waals surface area contributed by atoms with Gasteiger partial charge in [-0.1, -0.05) is 18.2 Å². The van der Waals surface area contributed by atoms with Crippen LogP contribution in [0.25, 0.3) is 0 Å². The molecule has 0 saturated carbocycles. The fraction of sp³-hybridized carbons (Fsp3) is 0.545. The van der Waals surface area contributed by atoms with Gasteiger partial charge in [-0.25, -0.2) is 9.98 Å². The number of hydrogen-bond donors (Lipinski definition) is 2. The van der Waals surface area contributed by atoms with Gasteiger partial charge in [0.15, 0.2) is 5.96 Å². The summed E-state index contributed by atoms with van der Waals surface area (Å²) >= 11 is 0. The van der Waals surface area contributed by atoms with Gasteiger partial charge in [-0.3, -0.25) is 0 Å². The zero-order valence-electron chi connectivity index (χ0n) is 18.5. The van der Waals surface area contributed by atoms with Crippen LogP contribution in [0.4, 0.5) is 13.2 Å². The van der Waals surface area contributed by atoms with E-state index in [1.54, 1.807) is 6.07 Å². The third-order valence-electron chi connectivity index (χ3n) is 5.64. The molecule has 0 aliphatic carbocycles. The summed E-state index contributed by atoms with van der Waals surface area (Å²) in [4.78, 5) is 8.86. The Morgan fingerprint density at radius 2 is 1.91 bits per heavy atom. The summed E-state index contributed by atoms with van der Waals surface area (Å²) in [6, 6.07) is 5.61. The van der Waals surface area contributed by atoms with E-state index in [0.29, 0.717) is 56.6 Å². The second kappa shape index (κ2) is 11.4. The molecule has 0 atom stereocenters. The van der Waals surface area contributed by atoms with Crippen molar-refractivity contribution in [3.05, 3.63) is 52.7 Å². The molecule has 0 spiro atoms. The Balaban J connectivity index is 0.00000363. The average molecular weight is 566 g/mol. The maximum atomic E-state index is 13.3. The number of alkyl halides is 3. The van der Waals surface area contributed by atoms with Crippen molar-refractivity contribution in [1.82, 2.24) is 15.6 Å². The Labute approximate surface area is 203 Å². The molecule has 2 aromatic rings. The van der Waals surface area contributed by atoms with Crippen LogP contribution < -0.4 is 10.6 Å². The van der Waals surface area contributed by atoms with Gasteiger partial charge in [0.05, 0.1) is 11.3 Å². The molecule has 2 N–H and O–H groups in total. The lowest BCUT2D eigenvalue weighted by Crippen LogP contribution is -2.48. The Kier molecular flexibility index (Phi) is 9.38. The largest absolute Gasteiger partial charge is 0.444 e. The minimum Gasteiger partial charge on any atom is -0.444 e. The van der Waals surface area contributed by atoms with Crippen LogP contribution in [0.15, 0.2) is 33.7 Å². The highest BCUT2D eigenvalue weighted by Crippen LogP contribution is 2.37. The minimum absolute atomic E-state index is 0. The topological polar surface area (TPSA) is 71.7 Å². The lowest BCUT2D eigenvalue weighted by Gasteiger charge is -2.38. The van der Waals surface area contributed by atoms with Gasteiger partial charge in [0, 0.05) is 31.7 Å². The van der Waals surface area contributed by atoms with Crippen molar-refractivity contribution in [3.8, 4) is 0 Å². The molecule has 2 heterocycles. The van der Waals surface area contributed by atoms with Crippen molar-refractivity contribution in [2.75, 3.05) is 26.3 Å². The second-order valence-electron chi connectivity index (χ2n) is 7.77. The minimum atomic E-state index is -4.38. The predicted octanol–water partition coefficient (Wildman–Crippen LogP) is 4.73. The fourth-order valence-corrected chi connectivity index (χ4v) is 3.70. The van der Waals surface area contributed by atoms with Crippen LogP contribution in [0.5, 0.6) is 0 Å². The molecule has 32 heavy (non-hydrogen) atoms. The monoisotopic (exact) mass is 566 g/mol. The number of rotatable bonds is 6. The molecule has 10 heteroatoms. The highest BCUT2D eigenvalue weighted by atomic mass is 127. The van der Waals surface area contributed by atoms with Crippen LogP contribution in [-0.2, 0) is 22.9 Å². The number of hydrogen-bond acceptors (Lipinski definition) is 4. The van der Waals surface area contributed by atoms with Crippen molar-refractivity contribution in [3.63, 3.8) is 0 Å². The predicted molar refractivity (Wildman–Crippen MR) is 127 cm³/mol. The maximum Gasteiger partial charge on any atom is 0.416 e. The molecule has 0 bridgehead atoms. The van der Waals surface area contributed by atoms with E-state index in [2.05, 4.69) is 20.6 Å². The van der Waals surface area contributed by atoms with Crippen molar-refractivity contribution < 1.29 is 22.3 Å². The van der Waals surface area contributed by atoms with Gasteiger partial charge in [0.25, 0.3) is 0 Å². The van der Waals surface area contributed by atoms with Crippen LogP contribution in [0.1, 0.15) is 48.2 Å². The fourth-order valence-electron chi connectivity index (χ4n) is 3.70. The summed E-state index contributed by atoms with van der Waals surface area (Å²) in [6.45, 7) is 8.03. The molecular weight excluding hydrogens is 536 g/mol. The summed E-state index contributed by atoms with van der Waals surface area (Å²) in [5.74, 6) is 1.84. The van der Waals surface area contributed by atoms with E-state index >= 15 is 0 Å². The molecule has 0 amide bonds. The van der Waals surface area contributed by atoms with Gasteiger partial charge in [-0.2, -0.15) is 13.2 Å². The summed E-state index contributed by atoms with van der Waals surface area (Å²) in [7, 11) is 0. The van der Waals surface area contributed by atoms with Crippen LogP contribution in [-0.4, -0.2) is 37.2 Å². The maximum absolute atomic E-state index is 13.3. The molecule has 1 aromatic carbocycles. The van der Waals surface area contributed by atoms with Crippen molar-refractivity contribution in [2.45, 2.75) is 51.7 Å². The lowest BCUT2D eigenvalue weighted by molar-refractivity contribution is -0.137. The van der Waals surface area contributed by atoms with Gasteiger partial charge in [-0.05, 0) is 45.2 Å². The molecule has 1 saturated heterocycles. The van der Waals surface area contributed by atoms with Crippen molar-refractivity contribution in [1.29, 1.82) is 0 Å². The zero-order chi connectivity index (χ0) is 22.5. The van der Waals surface area contributed by atoms with E-state index in [9.17, 15) is 13.2 Å². The van der Waals surface area contributed by atoms with Gasteiger partial charge in [0.1, 0.15) is 12.3 Å². The van der Waals surface area contributed by atoms with E-state index < -0.39 is 17.2 Å². The van der Waals surface area contributed by atoms with Crippen molar-refractivity contribution >= 4 is 29.9 Å². The molecule has 0 unspecified atom stereocenters. The first-order chi connectivity index (χ1) is 14.7. The molecule has 3 rings (SSSR count). The Morgan fingerprint density at radius 1 is 1.19 bits per heavy atom. The molecule has 1 aliphatic rings. The molecule has 6 nitrogen and oxygen atoms in total. The number of nitrogens with one attached hydrogen (secondary N) is 2. The van der Waals surface area contributed by atoms with E-state index in [0.717, 1.165) is 17.5 Å². The number of oxazole rings is 1. The molecule has 0 radical (unpaired) electrons. The lowest BCUT2D eigenvalue weighted by atomic mass is 9.73. The first-order valence-electron chi connectivity index (χ1n) is 10.4. The quantitative estimate of drug-likeness (QED) is 0.301. The summed E-state index contributed by atoms with van der Waals surface area (Å²) in [6.07, 6.45) is -3.13. The number of halogens is 4. The number of aryl methyl sites for hydroxylation is 2. The van der Waals surface area contributed by atoms with Gasteiger partial charge >= 0.3 is 6.18 Å². The smallest absolute Gasteiger partial charge is 0.416 e.